The Morgan fingerprint density at radius 1 is 1.20 bits per heavy atom. The molecule has 0 aromatic carbocycles. The predicted octanol–water partition coefficient (Wildman–Crippen LogP) is -3.47. The van der Waals surface area contributed by atoms with Crippen LogP contribution in [0.4, 0.5) is 0 Å². The molecule has 0 aliphatic rings. The monoisotopic (exact) mass is 100 g/mol. The summed E-state index contributed by atoms with van der Waals surface area (Å²) in [4.78, 5) is 0. The van der Waals surface area contributed by atoms with Crippen LogP contribution in [0.3, 0.4) is 0 Å². The molecule has 0 atom stereocenters. The molecule has 0 aliphatic carbocycles. The van der Waals surface area contributed by atoms with E-state index in [0.29, 0.717) is 0 Å². The van der Waals surface area contributed by atoms with Gasteiger partial charge in [0.15, 0.2) is 0 Å². The fourth-order valence-electron chi connectivity index (χ4n) is 0. The second-order valence-corrected chi connectivity index (χ2v) is 1.22. The molecule has 0 saturated heterocycles. The zero-order valence-corrected chi connectivity index (χ0v) is 6.22. The summed E-state index contributed by atoms with van der Waals surface area (Å²) in [5.41, 5.74) is 0. The maximum Gasteiger partial charge on any atom is 1.00 e. The van der Waals surface area contributed by atoms with Gasteiger partial charge in [-0.15, -0.1) is 0 Å². The van der Waals surface area contributed by atoms with Crippen LogP contribution in [0.5, 0.6) is 0 Å². The normalized spacial score (nSPS) is 3.60. The van der Waals surface area contributed by atoms with Crippen molar-refractivity contribution >= 4 is 20.2 Å². The second kappa shape index (κ2) is 18.1. The molecule has 0 fully saturated rings. The van der Waals surface area contributed by atoms with Crippen LogP contribution in [0.25, 0.3) is 0 Å². The molecule has 0 aromatic rings. The minimum atomic E-state index is 0. The minimum Gasteiger partial charge on any atom is -0.169 e. The van der Waals surface area contributed by atoms with Crippen molar-refractivity contribution in [2.45, 2.75) is 0 Å². The summed E-state index contributed by atoms with van der Waals surface area (Å²) in [6.45, 7) is 0. The molecule has 0 aliphatic heterocycles. The molecule has 0 heterocycles. The maximum absolute atomic E-state index is 2.04. The molecule has 0 unspecified atom stereocenters. The van der Waals surface area contributed by atoms with Gasteiger partial charge in [-0.1, -0.05) is 8.41 Å². The standard InChI is InChI=1S/C2H6S.BH4.Na/c1-3-2;;/h1-2H3;1H4;/q;-1;+1. The van der Waals surface area contributed by atoms with Crippen molar-refractivity contribution in [3.63, 3.8) is 0 Å². The van der Waals surface area contributed by atoms with E-state index in [0.717, 1.165) is 0 Å². The van der Waals surface area contributed by atoms with E-state index in [2.05, 4.69) is 0 Å². The molecule has 0 N–H and O–H groups in total. The average Bonchev–Trinajstić information content (AvgIpc) is 0.918. The third kappa shape index (κ3) is 31.5. The van der Waals surface area contributed by atoms with E-state index in [9.17, 15) is 0 Å². The number of thioether (sulfide) groups is 1. The molecule has 5 heavy (non-hydrogen) atoms. The van der Waals surface area contributed by atoms with Gasteiger partial charge in [0.25, 0.3) is 0 Å². The Morgan fingerprint density at radius 2 is 1.20 bits per heavy atom. The average molecular weight is 100.0 g/mol. The Labute approximate surface area is 62.0 Å². The van der Waals surface area contributed by atoms with Crippen LogP contribution in [0.1, 0.15) is 0 Å². The Morgan fingerprint density at radius 3 is 1.20 bits per heavy atom. The first-order valence-electron chi connectivity index (χ1n) is 0.816. The molecule has 0 saturated carbocycles. The third-order valence-corrected chi connectivity index (χ3v) is 0. The van der Waals surface area contributed by atoms with Gasteiger partial charge in [-0.05, 0) is 12.5 Å². The summed E-state index contributed by atoms with van der Waals surface area (Å²) in [6.07, 6.45) is 4.08. The molecule has 0 amide bonds. The summed E-state index contributed by atoms with van der Waals surface area (Å²) in [5.74, 6) is 0. The van der Waals surface area contributed by atoms with Gasteiger partial charge in [-0.2, -0.15) is 11.8 Å². The van der Waals surface area contributed by atoms with Gasteiger partial charge in [0, 0.05) is 0 Å². The van der Waals surface area contributed by atoms with E-state index in [1.165, 1.54) is 0 Å². The number of rotatable bonds is 0. The molecule has 3 heteroatoms. The van der Waals surface area contributed by atoms with Crippen LogP contribution in [-0.2, 0) is 0 Å². The summed E-state index contributed by atoms with van der Waals surface area (Å²) < 4.78 is 0. The van der Waals surface area contributed by atoms with Crippen molar-refractivity contribution < 1.29 is 29.6 Å². The van der Waals surface area contributed by atoms with Crippen molar-refractivity contribution in [2.75, 3.05) is 12.5 Å². The first-order valence-corrected chi connectivity index (χ1v) is 2.45. The van der Waals surface area contributed by atoms with E-state index >= 15 is 0 Å². The Balaban J connectivity index is -0.0000000200. The SMILES string of the molecule is CSC.[BH4-].[Na+]. The van der Waals surface area contributed by atoms with Crippen molar-refractivity contribution in [3.8, 4) is 0 Å². The van der Waals surface area contributed by atoms with Gasteiger partial charge >= 0.3 is 29.6 Å². The second-order valence-electron chi connectivity index (χ2n) is 0.408. The maximum atomic E-state index is 2.04. The van der Waals surface area contributed by atoms with E-state index in [1.807, 2.05) is 12.5 Å². The molecule has 0 rings (SSSR count). The van der Waals surface area contributed by atoms with Crippen LogP contribution < -0.4 is 29.6 Å². The smallest absolute Gasteiger partial charge is 0.169 e. The Kier molecular flexibility index (Phi) is 58.4. The van der Waals surface area contributed by atoms with E-state index < -0.39 is 0 Å². The van der Waals surface area contributed by atoms with Crippen LogP contribution >= 0.6 is 11.8 Å². The molecule has 0 radical (unpaired) electrons. The van der Waals surface area contributed by atoms with Crippen molar-refractivity contribution in [3.05, 3.63) is 0 Å². The van der Waals surface area contributed by atoms with E-state index in [4.69, 9.17) is 0 Å². The molecule has 28 valence electrons. The zero-order chi connectivity index (χ0) is 2.71. The molecule has 0 aromatic heterocycles. The zero-order valence-electron chi connectivity index (χ0n) is 3.41. The van der Waals surface area contributed by atoms with Gasteiger partial charge in [-0.3, -0.25) is 0 Å². The molecule has 0 bridgehead atoms. The summed E-state index contributed by atoms with van der Waals surface area (Å²) in [7, 11) is 0. The quantitative estimate of drug-likeness (QED) is 0.285. The molecule has 0 nitrogen and oxygen atoms in total. The van der Waals surface area contributed by atoms with Crippen molar-refractivity contribution in [1.29, 1.82) is 0 Å². The molecule has 0 spiro atoms. The predicted molar refractivity (Wildman–Crippen MR) is 30.8 cm³/mol. The van der Waals surface area contributed by atoms with Gasteiger partial charge < -0.3 is 0 Å². The Bertz CT molecular complexity index is 9.61. The topological polar surface area (TPSA) is 0 Å². The Hall–Kier alpha value is 1.41. The van der Waals surface area contributed by atoms with E-state index in [-0.39, 0.29) is 38.0 Å². The fourth-order valence-corrected chi connectivity index (χ4v) is 0. The largest absolute Gasteiger partial charge is 1.00 e. The summed E-state index contributed by atoms with van der Waals surface area (Å²) in [5, 5.41) is 0. The number of hydrogen-bond donors (Lipinski definition) is 0. The summed E-state index contributed by atoms with van der Waals surface area (Å²) in [6, 6.07) is 0. The van der Waals surface area contributed by atoms with Crippen LogP contribution in [0.15, 0.2) is 0 Å². The van der Waals surface area contributed by atoms with Crippen LogP contribution in [0.2, 0.25) is 0 Å². The van der Waals surface area contributed by atoms with Gasteiger partial charge in [0.05, 0.1) is 0 Å². The van der Waals surface area contributed by atoms with Gasteiger partial charge in [0.1, 0.15) is 0 Å². The fraction of sp³-hybridized carbons (Fsp3) is 1.00. The first-order chi connectivity index (χ1) is 1.41. The van der Waals surface area contributed by atoms with Crippen molar-refractivity contribution in [1.82, 2.24) is 0 Å². The number of hydrogen-bond acceptors (Lipinski definition) is 1. The van der Waals surface area contributed by atoms with E-state index in [1.54, 1.807) is 11.8 Å². The van der Waals surface area contributed by atoms with Crippen molar-refractivity contribution in [2.24, 2.45) is 0 Å². The first kappa shape index (κ1) is 16.1. The third-order valence-electron chi connectivity index (χ3n) is 0. The molecular formula is C2H10BNaS. The van der Waals surface area contributed by atoms with Gasteiger partial charge in [0.2, 0.25) is 0 Å². The van der Waals surface area contributed by atoms with Crippen LogP contribution in [0, 0.1) is 0 Å². The minimum absolute atomic E-state index is 0. The van der Waals surface area contributed by atoms with Crippen LogP contribution in [-0.4, -0.2) is 20.9 Å². The molecular weight excluding hydrogens is 89.9 g/mol. The van der Waals surface area contributed by atoms with Gasteiger partial charge in [-0.25, -0.2) is 0 Å². The summed E-state index contributed by atoms with van der Waals surface area (Å²) >= 11 is 1.75.